The SMILES string of the molecule is CC(=O)NCC1CCN(C(=O)c2cccc(NC(=O)C(C)(C)C)c2)CC1. The number of rotatable bonds is 4. The van der Waals surface area contributed by atoms with Crippen LogP contribution in [0, 0.1) is 11.3 Å². The van der Waals surface area contributed by atoms with Gasteiger partial charge in [0, 0.05) is 43.2 Å². The Kier molecular flexibility index (Phi) is 6.40. The van der Waals surface area contributed by atoms with Gasteiger partial charge in [0.05, 0.1) is 0 Å². The van der Waals surface area contributed by atoms with E-state index in [-0.39, 0.29) is 17.7 Å². The molecule has 0 atom stereocenters. The van der Waals surface area contributed by atoms with Gasteiger partial charge in [0.25, 0.3) is 5.91 Å². The van der Waals surface area contributed by atoms with Gasteiger partial charge in [-0.05, 0) is 37.0 Å². The predicted molar refractivity (Wildman–Crippen MR) is 102 cm³/mol. The summed E-state index contributed by atoms with van der Waals surface area (Å²) < 4.78 is 0. The van der Waals surface area contributed by atoms with E-state index in [0.29, 0.717) is 36.8 Å². The lowest BCUT2D eigenvalue weighted by atomic mass is 9.95. The Bertz CT molecular complexity index is 671. The monoisotopic (exact) mass is 359 g/mol. The van der Waals surface area contributed by atoms with Crippen molar-refractivity contribution >= 4 is 23.4 Å². The summed E-state index contributed by atoms with van der Waals surface area (Å²) >= 11 is 0. The van der Waals surface area contributed by atoms with E-state index >= 15 is 0 Å². The molecule has 2 N–H and O–H groups in total. The van der Waals surface area contributed by atoms with Crippen LogP contribution in [0.5, 0.6) is 0 Å². The summed E-state index contributed by atoms with van der Waals surface area (Å²) in [5, 5.41) is 5.71. The van der Waals surface area contributed by atoms with Gasteiger partial charge < -0.3 is 15.5 Å². The number of amides is 3. The summed E-state index contributed by atoms with van der Waals surface area (Å²) in [6.45, 7) is 9.10. The van der Waals surface area contributed by atoms with Crippen molar-refractivity contribution in [3.8, 4) is 0 Å². The molecule has 2 rings (SSSR count). The van der Waals surface area contributed by atoms with Crippen LogP contribution in [0.25, 0.3) is 0 Å². The van der Waals surface area contributed by atoms with Gasteiger partial charge in [0.15, 0.2) is 0 Å². The lowest BCUT2D eigenvalue weighted by Gasteiger charge is -2.32. The average molecular weight is 359 g/mol. The maximum Gasteiger partial charge on any atom is 0.253 e. The first-order valence-electron chi connectivity index (χ1n) is 9.12. The quantitative estimate of drug-likeness (QED) is 0.867. The van der Waals surface area contributed by atoms with Crippen LogP contribution in [-0.2, 0) is 9.59 Å². The van der Waals surface area contributed by atoms with Crippen LogP contribution in [0.4, 0.5) is 5.69 Å². The van der Waals surface area contributed by atoms with Crippen molar-refractivity contribution in [3.63, 3.8) is 0 Å². The number of nitrogens with zero attached hydrogens (tertiary/aromatic N) is 1. The van der Waals surface area contributed by atoms with Crippen molar-refractivity contribution in [2.45, 2.75) is 40.5 Å². The van der Waals surface area contributed by atoms with Crippen LogP contribution in [0.2, 0.25) is 0 Å². The second kappa shape index (κ2) is 8.34. The average Bonchev–Trinajstić information content (AvgIpc) is 2.59. The first kappa shape index (κ1) is 19.9. The number of carbonyl (C=O) groups excluding carboxylic acids is 3. The zero-order chi connectivity index (χ0) is 19.3. The Morgan fingerprint density at radius 2 is 1.81 bits per heavy atom. The first-order chi connectivity index (χ1) is 12.2. The normalized spacial score (nSPS) is 15.5. The second-order valence-electron chi connectivity index (χ2n) is 7.96. The van der Waals surface area contributed by atoms with Gasteiger partial charge in [-0.3, -0.25) is 14.4 Å². The van der Waals surface area contributed by atoms with Crippen molar-refractivity contribution < 1.29 is 14.4 Å². The molecule has 142 valence electrons. The summed E-state index contributed by atoms with van der Waals surface area (Å²) in [5.41, 5.74) is 0.726. The van der Waals surface area contributed by atoms with Gasteiger partial charge in [-0.15, -0.1) is 0 Å². The van der Waals surface area contributed by atoms with Crippen molar-refractivity contribution in [3.05, 3.63) is 29.8 Å². The minimum absolute atomic E-state index is 0.0161. The van der Waals surface area contributed by atoms with Gasteiger partial charge in [-0.25, -0.2) is 0 Å². The second-order valence-corrected chi connectivity index (χ2v) is 7.96. The highest BCUT2D eigenvalue weighted by Gasteiger charge is 2.25. The molecule has 0 aromatic heterocycles. The van der Waals surface area contributed by atoms with Gasteiger partial charge in [-0.2, -0.15) is 0 Å². The summed E-state index contributed by atoms with van der Waals surface area (Å²) in [5.74, 6) is 0.300. The number of hydrogen-bond donors (Lipinski definition) is 2. The Morgan fingerprint density at radius 3 is 2.38 bits per heavy atom. The molecule has 0 aliphatic carbocycles. The number of benzene rings is 1. The molecule has 0 spiro atoms. The third-order valence-electron chi connectivity index (χ3n) is 4.59. The molecule has 1 aliphatic heterocycles. The van der Waals surface area contributed by atoms with E-state index in [1.165, 1.54) is 6.92 Å². The largest absolute Gasteiger partial charge is 0.356 e. The van der Waals surface area contributed by atoms with Crippen LogP contribution in [0.3, 0.4) is 0 Å². The van der Waals surface area contributed by atoms with Gasteiger partial charge in [0.1, 0.15) is 0 Å². The number of likely N-dealkylation sites (tertiary alicyclic amines) is 1. The van der Waals surface area contributed by atoms with E-state index in [1.807, 2.05) is 25.7 Å². The number of piperidine rings is 1. The van der Waals surface area contributed by atoms with Gasteiger partial charge >= 0.3 is 0 Å². The van der Waals surface area contributed by atoms with Crippen LogP contribution in [-0.4, -0.2) is 42.3 Å². The first-order valence-corrected chi connectivity index (χ1v) is 9.12. The molecule has 1 fully saturated rings. The van der Waals surface area contributed by atoms with Crippen LogP contribution in [0.15, 0.2) is 24.3 Å². The molecular formula is C20H29N3O3. The fraction of sp³-hybridized carbons (Fsp3) is 0.550. The highest BCUT2D eigenvalue weighted by atomic mass is 16.2. The van der Waals surface area contributed by atoms with Crippen molar-refractivity contribution in [1.82, 2.24) is 10.2 Å². The highest BCUT2D eigenvalue weighted by Crippen LogP contribution is 2.21. The predicted octanol–water partition coefficient (Wildman–Crippen LogP) is 2.66. The zero-order valence-electron chi connectivity index (χ0n) is 16.1. The highest BCUT2D eigenvalue weighted by molar-refractivity contribution is 5.98. The van der Waals surface area contributed by atoms with E-state index < -0.39 is 5.41 Å². The summed E-state index contributed by atoms with van der Waals surface area (Å²) in [6, 6.07) is 7.09. The van der Waals surface area contributed by atoms with Gasteiger partial charge in [0.2, 0.25) is 11.8 Å². The van der Waals surface area contributed by atoms with E-state index in [2.05, 4.69) is 10.6 Å². The van der Waals surface area contributed by atoms with Crippen LogP contribution >= 0.6 is 0 Å². The summed E-state index contributed by atoms with van der Waals surface area (Å²) in [6.07, 6.45) is 1.76. The van der Waals surface area contributed by atoms with Crippen molar-refractivity contribution in [2.75, 3.05) is 25.0 Å². The van der Waals surface area contributed by atoms with Crippen molar-refractivity contribution in [2.24, 2.45) is 11.3 Å². The lowest BCUT2D eigenvalue weighted by Crippen LogP contribution is -2.41. The number of hydrogen-bond acceptors (Lipinski definition) is 3. The summed E-state index contributed by atoms with van der Waals surface area (Å²) in [7, 11) is 0. The Labute approximate surface area is 155 Å². The third kappa shape index (κ3) is 5.58. The van der Waals surface area contributed by atoms with E-state index in [0.717, 1.165) is 12.8 Å². The molecule has 26 heavy (non-hydrogen) atoms. The fourth-order valence-corrected chi connectivity index (χ4v) is 2.86. The fourth-order valence-electron chi connectivity index (χ4n) is 2.86. The van der Waals surface area contributed by atoms with E-state index in [9.17, 15) is 14.4 Å². The molecule has 6 nitrogen and oxygen atoms in total. The molecule has 3 amide bonds. The molecule has 1 aliphatic rings. The Balaban J connectivity index is 1.95. The standard InChI is InChI=1S/C20H29N3O3/c1-14(24)21-13-15-8-10-23(11-9-15)18(25)16-6-5-7-17(12-16)22-19(26)20(2,3)4/h5-7,12,15H,8-11,13H2,1-4H3,(H,21,24)(H,22,26). The van der Waals surface area contributed by atoms with E-state index in [4.69, 9.17) is 0 Å². The molecule has 0 unspecified atom stereocenters. The van der Waals surface area contributed by atoms with E-state index in [1.54, 1.807) is 24.3 Å². The molecule has 0 bridgehead atoms. The maximum atomic E-state index is 12.8. The molecular weight excluding hydrogens is 330 g/mol. The zero-order valence-corrected chi connectivity index (χ0v) is 16.1. The third-order valence-corrected chi connectivity index (χ3v) is 4.59. The molecule has 6 heteroatoms. The number of carbonyl (C=O) groups is 3. The minimum atomic E-state index is -0.490. The van der Waals surface area contributed by atoms with Crippen LogP contribution < -0.4 is 10.6 Å². The Morgan fingerprint density at radius 1 is 1.15 bits per heavy atom. The molecule has 1 aromatic rings. The summed E-state index contributed by atoms with van der Waals surface area (Å²) in [4.78, 5) is 37.7. The smallest absolute Gasteiger partial charge is 0.253 e. The van der Waals surface area contributed by atoms with Crippen LogP contribution in [0.1, 0.15) is 50.9 Å². The molecule has 1 aromatic carbocycles. The van der Waals surface area contributed by atoms with Crippen molar-refractivity contribution in [1.29, 1.82) is 0 Å². The molecule has 0 radical (unpaired) electrons. The molecule has 1 heterocycles. The Hall–Kier alpha value is -2.37. The lowest BCUT2D eigenvalue weighted by molar-refractivity contribution is -0.123. The maximum absolute atomic E-state index is 12.8. The topological polar surface area (TPSA) is 78.5 Å². The van der Waals surface area contributed by atoms with Gasteiger partial charge in [-0.1, -0.05) is 26.8 Å². The molecule has 0 saturated carbocycles. The minimum Gasteiger partial charge on any atom is -0.356 e. The number of nitrogens with one attached hydrogen (secondary N) is 2. The molecule has 1 saturated heterocycles. The number of anilines is 1.